The van der Waals surface area contributed by atoms with Crippen molar-refractivity contribution in [3.8, 4) is 0 Å². The van der Waals surface area contributed by atoms with Crippen molar-refractivity contribution in [1.82, 2.24) is 10.2 Å². The number of alkyl halides is 6. The first kappa shape index (κ1) is 25.6. The van der Waals surface area contributed by atoms with E-state index in [1.807, 2.05) is 0 Å². The topological polar surface area (TPSA) is 18.5 Å². The van der Waals surface area contributed by atoms with Crippen LogP contribution in [0.4, 0.5) is 31.3 Å². The van der Waals surface area contributed by atoms with Crippen molar-refractivity contribution in [3.05, 3.63) is 35.0 Å². The highest BCUT2D eigenvalue weighted by Crippen LogP contribution is 2.49. The van der Waals surface area contributed by atoms with Crippen LogP contribution >= 0.6 is 11.3 Å². The number of hydrogen-bond acceptors (Lipinski definition) is 4. The summed E-state index contributed by atoms with van der Waals surface area (Å²) in [6.07, 6.45) is -10.2. The van der Waals surface area contributed by atoms with E-state index in [9.17, 15) is 26.3 Å². The minimum absolute atomic E-state index is 0.0281. The first-order valence-corrected chi connectivity index (χ1v) is 10.7. The number of anilines is 1. The second-order valence-electron chi connectivity index (χ2n) is 8.96. The summed E-state index contributed by atoms with van der Waals surface area (Å²) < 4.78 is 79.3. The molecule has 1 aromatic heterocycles. The molecule has 0 bridgehead atoms. The van der Waals surface area contributed by atoms with Crippen LogP contribution in [0.3, 0.4) is 0 Å². The zero-order chi connectivity index (χ0) is 23.9. The average Bonchev–Trinajstić information content (AvgIpc) is 2.88. The molecule has 1 atom stereocenters. The molecule has 0 spiro atoms. The number of thiophene rings is 1. The van der Waals surface area contributed by atoms with Gasteiger partial charge in [-0.05, 0) is 24.8 Å². The summed E-state index contributed by atoms with van der Waals surface area (Å²) in [5, 5.41) is 3.77. The Morgan fingerprint density at radius 1 is 1.06 bits per heavy atom. The maximum atomic E-state index is 13.5. The van der Waals surface area contributed by atoms with E-state index in [0.717, 1.165) is 22.3 Å². The molecule has 0 radical (unpaired) electrons. The Labute approximate surface area is 183 Å². The highest BCUT2D eigenvalue weighted by molar-refractivity contribution is 7.16. The third-order valence-corrected chi connectivity index (χ3v) is 6.38. The van der Waals surface area contributed by atoms with Crippen molar-refractivity contribution >= 4 is 22.0 Å². The zero-order valence-corrected chi connectivity index (χ0v) is 19.2. The molecule has 0 saturated carbocycles. The van der Waals surface area contributed by atoms with Crippen LogP contribution in [0.5, 0.6) is 0 Å². The predicted molar refractivity (Wildman–Crippen MR) is 114 cm³/mol. The number of nitrogens with zero attached hydrogens (tertiary/aromatic N) is 2. The minimum atomic E-state index is -4.60. The molecular weight excluding hydrogens is 440 g/mol. The Bertz CT molecular complexity index is 832. The lowest BCUT2D eigenvalue weighted by atomic mass is 9.97. The number of hydrogen-bond donors (Lipinski definition) is 1. The molecule has 31 heavy (non-hydrogen) atoms. The average molecular weight is 470 g/mol. The molecule has 176 valence electrons. The van der Waals surface area contributed by atoms with Crippen molar-refractivity contribution in [3.63, 3.8) is 0 Å². The van der Waals surface area contributed by atoms with Gasteiger partial charge in [0, 0.05) is 35.8 Å². The SMILES string of the molecule is C=C1c2c(sc(CNCC(C)(C)C)c2C)N(CCC(F)(F)F)C(=C)N1C(C)C(F)(F)F. The van der Waals surface area contributed by atoms with Crippen molar-refractivity contribution in [1.29, 1.82) is 0 Å². The van der Waals surface area contributed by atoms with Gasteiger partial charge in [-0.15, -0.1) is 11.3 Å². The number of rotatable bonds is 6. The summed E-state index contributed by atoms with van der Waals surface area (Å²) in [7, 11) is 0. The van der Waals surface area contributed by atoms with Crippen LogP contribution in [0, 0.1) is 12.3 Å². The van der Waals surface area contributed by atoms with Gasteiger partial charge in [0.05, 0.1) is 6.42 Å². The fraction of sp³-hybridized carbons (Fsp3) is 0.619. The van der Waals surface area contributed by atoms with Gasteiger partial charge >= 0.3 is 12.4 Å². The van der Waals surface area contributed by atoms with Crippen molar-refractivity contribution in [2.45, 2.75) is 66.0 Å². The maximum Gasteiger partial charge on any atom is 0.408 e. The molecular formula is C21H29F6N3S. The highest BCUT2D eigenvalue weighted by Gasteiger charge is 2.46. The Morgan fingerprint density at radius 3 is 2.13 bits per heavy atom. The van der Waals surface area contributed by atoms with E-state index < -0.39 is 31.4 Å². The van der Waals surface area contributed by atoms with Crippen LogP contribution in [-0.2, 0) is 6.54 Å². The van der Waals surface area contributed by atoms with Gasteiger partial charge in [-0.1, -0.05) is 33.9 Å². The maximum absolute atomic E-state index is 13.5. The Kier molecular flexibility index (Phi) is 7.17. The Hall–Kier alpha value is -1.68. The first-order valence-electron chi connectivity index (χ1n) is 9.85. The Morgan fingerprint density at radius 2 is 1.65 bits per heavy atom. The van der Waals surface area contributed by atoms with Crippen LogP contribution in [0.15, 0.2) is 19.0 Å². The molecule has 1 aliphatic rings. The quantitative estimate of drug-likeness (QED) is 0.470. The van der Waals surface area contributed by atoms with E-state index in [1.54, 1.807) is 6.92 Å². The van der Waals surface area contributed by atoms with E-state index in [0.29, 0.717) is 23.7 Å². The van der Waals surface area contributed by atoms with Gasteiger partial charge < -0.3 is 15.1 Å². The molecule has 0 amide bonds. The number of fused-ring (bicyclic) bond motifs is 1. The molecule has 2 heterocycles. The second-order valence-corrected chi connectivity index (χ2v) is 10.0. The van der Waals surface area contributed by atoms with Crippen LogP contribution in [0.25, 0.3) is 5.70 Å². The lowest BCUT2D eigenvalue weighted by molar-refractivity contribution is -0.167. The normalized spacial score (nSPS) is 16.7. The van der Waals surface area contributed by atoms with Gasteiger partial charge in [0.15, 0.2) is 0 Å². The monoisotopic (exact) mass is 469 g/mol. The molecule has 10 heteroatoms. The zero-order valence-electron chi connectivity index (χ0n) is 18.4. The van der Waals surface area contributed by atoms with E-state index in [-0.39, 0.29) is 16.9 Å². The molecule has 1 aromatic rings. The van der Waals surface area contributed by atoms with E-state index in [1.165, 1.54) is 16.2 Å². The van der Waals surface area contributed by atoms with E-state index in [2.05, 4.69) is 39.2 Å². The smallest absolute Gasteiger partial charge is 0.319 e. The molecule has 3 nitrogen and oxygen atoms in total. The van der Waals surface area contributed by atoms with E-state index >= 15 is 0 Å². The van der Waals surface area contributed by atoms with Crippen LogP contribution < -0.4 is 10.2 Å². The second kappa shape index (κ2) is 8.69. The van der Waals surface area contributed by atoms with Crippen molar-refractivity contribution in [2.24, 2.45) is 5.41 Å². The third-order valence-electron chi connectivity index (χ3n) is 5.06. The van der Waals surface area contributed by atoms with Gasteiger partial charge in [0.25, 0.3) is 0 Å². The molecule has 1 aliphatic heterocycles. The number of nitrogens with one attached hydrogen (secondary N) is 1. The predicted octanol–water partition coefficient (Wildman–Crippen LogP) is 6.66. The van der Waals surface area contributed by atoms with Gasteiger partial charge in [0.1, 0.15) is 16.9 Å². The first-order chi connectivity index (χ1) is 13.9. The van der Waals surface area contributed by atoms with Crippen LogP contribution in [0.1, 0.15) is 50.1 Å². The van der Waals surface area contributed by atoms with Crippen LogP contribution in [-0.4, -0.2) is 36.4 Å². The summed E-state index contributed by atoms with van der Waals surface area (Å²) >= 11 is 1.27. The lowest BCUT2D eigenvalue weighted by Crippen LogP contribution is -2.48. The fourth-order valence-electron chi connectivity index (χ4n) is 3.39. The summed E-state index contributed by atoms with van der Waals surface area (Å²) in [5.74, 6) is -0.151. The molecule has 0 aliphatic carbocycles. The Balaban J connectivity index is 2.47. The summed E-state index contributed by atoms with van der Waals surface area (Å²) in [5.41, 5.74) is 1.29. The standard InChI is InChI=1S/C21H29F6N3S/c1-12-16(10-28-11-19(5,6)7)31-18-17(12)13(2)30(14(3)21(25,26)27)15(4)29(18)9-8-20(22,23)24/h14,28H,2,4,8-11H2,1,3,5-7H3. The molecule has 1 N–H and O–H groups in total. The van der Waals surface area contributed by atoms with Crippen molar-refractivity contribution < 1.29 is 26.3 Å². The third kappa shape index (κ3) is 5.97. The van der Waals surface area contributed by atoms with Gasteiger partial charge in [-0.25, -0.2) is 0 Å². The van der Waals surface area contributed by atoms with E-state index in [4.69, 9.17) is 0 Å². The summed E-state index contributed by atoms with van der Waals surface area (Å²) in [6, 6.07) is -1.98. The molecule has 0 saturated heterocycles. The minimum Gasteiger partial charge on any atom is -0.319 e. The molecule has 1 unspecified atom stereocenters. The molecule has 2 rings (SSSR count). The van der Waals surface area contributed by atoms with Gasteiger partial charge in [-0.2, -0.15) is 26.3 Å². The number of halogens is 6. The lowest BCUT2D eigenvalue weighted by Gasteiger charge is -2.44. The summed E-state index contributed by atoms with van der Waals surface area (Å²) in [4.78, 5) is 2.98. The largest absolute Gasteiger partial charge is 0.408 e. The molecule has 0 aromatic carbocycles. The highest BCUT2D eigenvalue weighted by atomic mass is 32.1. The summed E-state index contributed by atoms with van der Waals surface area (Å²) in [6.45, 7) is 17.1. The van der Waals surface area contributed by atoms with Crippen LogP contribution in [0.2, 0.25) is 0 Å². The van der Waals surface area contributed by atoms with Gasteiger partial charge in [-0.3, -0.25) is 0 Å². The van der Waals surface area contributed by atoms with Crippen molar-refractivity contribution in [2.75, 3.05) is 18.0 Å². The van der Waals surface area contributed by atoms with Gasteiger partial charge in [0.2, 0.25) is 0 Å². The fourth-order valence-corrected chi connectivity index (χ4v) is 4.73. The molecule has 0 fully saturated rings.